The van der Waals surface area contributed by atoms with Gasteiger partial charge in [0.1, 0.15) is 0 Å². The molecule has 75 heavy (non-hydrogen) atoms. The summed E-state index contributed by atoms with van der Waals surface area (Å²) >= 11 is 0. The van der Waals surface area contributed by atoms with Gasteiger partial charge in [-0.05, 0) is 110 Å². The fourth-order valence-electron chi connectivity index (χ4n) is 12.3. The van der Waals surface area contributed by atoms with Crippen molar-refractivity contribution < 1.29 is 0 Å². The van der Waals surface area contributed by atoms with Crippen molar-refractivity contribution in [1.29, 1.82) is 0 Å². The number of fused-ring (bicyclic) bond motifs is 12. The lowest BCUT2D eigenvalue weighted by Gasteiger charge is -2.45. The van der Waals surface area contributed by atoms with Crippen molar-refractivity contribution in [3.8, 4) is 73.2 Å². The van der Waals surface area contributed by atoms with Crippen molar-refractivity contribution in [2.75, 3.05) is 4.90 Å². The first-order chi connectivity index (χ1) is 37.2. The van der Waals surface area contributed by atoms with E-state index in [4.69, 9.17) is 15.0 Å². The zero-order chi connectivity index (χ0) is 49.5. The van der Waals surface area contributed by atoms with Crippen LogP contribution in [0.5, 0.6) is 0 Å². The van der Waals surface area contributed by atoms with Crippen molar-refractivity contribution in [3.63, 3.8) is 0 Å². The lowest BCUT2D eigenvalue weighted by molar-refractivity contribution is 0.753. The summed E-state index contributed by atoms with van der Waals surface area (Å²) in [6, 6.07) is 98.3. The minimum atomic E-state index is -0.710. The van der Waals surface area contributed by atoms with Crippen LogP contribution in [0.3, 0.4) is 0 Å². The van der Waals surface area contributed by atoms with Gasteiger partial charge in [0.25, 0.3) is 0 Å². The first-order valence-corrected chi connectivity index (χ1v) is 25.6. The Morgan fingerprint density at radius 1 is 0.293 bits per heavy atom. The third-order valence-electron chi connectivity index (χ3n) is 15.5. The molecule has 2 aliphatic rings. The van der Waals surface area contributed by atoms with E-state index < -0.39 is 5.41 Å². The van der Waals surface area contributed by atoms with E-state index in [1.54, 1.807) is 0 Å². The lowest BCUT2D eigenvalue weighted by atomic mass is 9.64. The van der Waals surface area contributed by atoms with Gasteiger partial charge < -0.3 is 9.47 Å². The zero-order valence-electron chi connectivity index (χ0n) is 40.7. The molecule has 0 saturated heterocycles. The summed E-state index contributed by atoms with van der Waals surface area (Å²) in [6.45, 7) is 0. The van der Waals surface area contributed by atoms with E-state index in [1.807, 2.05) is 24.3 Å². The standard InChI is InChI=1S/C70H45N5/c1-5-21-46(22-6-1)47-39-41-49(42-40-47)68-71-67(48-23-7-2-8-24-48)72-69(73-68)55-31-19-34-60-65(55)56-45-50(53-30-20-38-64-66(53)54-29-13-16-35-61(54)74(64)51-25-9-3-10-26-51)43-44-57(56)70(60)58-32-14-17-36-62(58)75(52-27-11-4-12-28-52)63-37-18-15-33-59(63)70/h1-45H. The minimum absolute atomic E-state index is 0.617. The van der Waals surface area contributed by atoms with Crippen LogP contribution in [0.1, 0.15) is 22.3 Å². The maximum atomic E-state index is 5.48. The molecule has 5 nitrogen and oxygen atoms in total. The van der Waals surface area contributed by atoms with Crippen LogP contribution in [-0.2, 0) is 5.41 Å². The molecule has 13 aromatic rings. The molecule has 0 radical (unpaired) electrons. The highest BCUT2D eigenvalue weighted by Crippen LogP contribution is 2.65. The van der Waals surface area contributed by atoms with Crippen molar-refractivity contribution in [2.24, 2.45) is 0 Å². The second-order valence-corrected chi connectivity index (χ2v) is 19.4. The molecule has 0 amide bonds. The molecule has 0 N–H and O–H groups in total. The summed E-state index contributed by atoms with van der Waals surface area (Å²) < 4.78 is 2.40. The Kier molecular flexibility index (Phi) is 9.72. The number of nitrogens with zero attached hydrogens (tertiary/aromatic N) is 5. The molecule has 0 bridgehead atoms. The average Bonchev–Trinajstić information content (AvgIpc) is 4.03. The molecule has 0 atom stereocenters. The first kappa shape index (κ1) is 42.7. The number of aromatic nitrogens is 4. The Morgan fingerprint density at radius 2 is 0.773 bits per heavy atom. The molecule has 0 unspecified atom stereocenters. The minimum Gasteiger partial charge on any atom is -0.310 e. The number of hydrogen-bond acceptors (Lipinski definition) is 4. The Morgan fingerprint density at radius 3 is 1.47 bits per heavy atom. The zero-order valence-corrected chi connectivity index (χ0v) is 40.7. The van der Waals surface area contributed by atoms with Gasteiger partial charge >= 0.3 is 0 Å². The molecular weight excluding hydrogens is 911 g/mol. The molecule has 5 heteroatoms. The Labute approximate surface area is 435 Å². The van der Waals surface area contributed by atoms with Crippen LogP contribution in [0.2, 0.25) is 0 Å². The molecule has 1 spiro atoms. The Bertz CT molecular complexity index is 4290. The largest absolute Gasteiger partial charge is 0.310 e. The highest BCUT2D eigenvalue weighted by molar-refractivity contribution is 6.16. The van der Waals surface area contributed by atoms with Crippen LogP contribution in [0, 0.1) is 0 Å². The Hall–Kier alpha value is -9.97. The number of rotatable bonds is 7. The van der Waals surface area contributed by atoms with Gasteiger partial charge in [-0.1, -0.05) is 218 Å². The number of hydrogen-bond donors (Lipinski definition) is 0. The molecular formula is C70H45N5. The summed E-state index contributed by atoms with van der Waals surface area (Å²) in [5.74, 6) is 1.86. The van der Waals surface area contributed by atoms with Crippen LogP contribution in [0.15, 0.2) is 273 Å². The fraction of sp³-hybridized carbons (Fsp3) is 0.0143. The van der Waals surface area contributed by atoms with Gasteiger partial charge in [-0.15, -0.1) is 0 Å². The highest BCUT2D eigenvalue weighted by atomic mass is 15.2. The van der Waals surface area contributed by atoms with E-state index in [0.29, 0.717) is 17.5 Å². The predicted octanol–water partition coefficient (Wildman–Crippen LogP) is 17.4. The summed E-state index contributed by atoms with van der Waals surface area (Å²) in [7, 11) is 0. The normalized spacial score (nSPS) is 12.9. The van der Waals surface area contributed by atoms with Gasteiger partial charge in [-0.25, -0.2) is 15.0 Å². The molecule has 0 fully saturated rings. The van der Waals surface area contributed by atoms with E-state index in [1.165, 1.54) is 44.1 Å². The van der Waals surface area contributed by atoms with Crippen LogP contribution in [0.4, 0.5) is 17.1 Å². The topological polar surface area (TPSA) is 46.8 Å². The maximum Gasteiger partial charge on any atom is 0.164 e. The van der Waals surface area contributed by atoms with Gasteiger partial charge in [0.15, 0.2) is 17.5 Å². The molecule has 3 heterocycles. The third kappa shape index (κ3) is 6.54. The summed E-state index contributed by atoms with van der Waals surface area (Å²) in [5, 5.41) is 2.43. The van der Waals surface area contributed by atoms with Gasteiger partial charge in [-0.2, -0.15) is 0 Å². The van der Waals surface area contributed by atoms with Gasteiger partial charge in [0.05, 0.1) is 27.8 Å². The van der Waals surface area contributed by atoms with Crippen molar-refractivity contribution in [2.45, 2.75) is 5.41 Å². The summed E-state index contributed by atoms with van der Waals surface area (Å²) in [4.78, 5) is 18.6. The van der Waals surface area contributed by atoms with E-state index in [0.717, 1.165) is 72.8 Å². The van der Waals surface area contributed by atoms with E-state index in [2.05, 4.69) is 258 Å². The number of para-hydroxylation sites is 5. The third-order valence-corrected chi connectivity index (χ3v) is 15.5. The van der Waals surface area contributed by atoms with Gasteiger partial charge in [-0.3, -0.25) is 0 Å². The molecule has 1 aliphatic heterocycles. The van der Waals surface area contributed by atoms with Crippen molar-refractivity contribution >= 4 is 38.9 Å². The second-order valence-electron chi connectivity index (χ2n) is 19.4. The van der Waals surface area contributed by atoms with Crippen LogP contribution >= 0.6 is 0 Å². The van der Waals surface area contributed by atoms with Gasteiger partial charge in [0, 0.05) is 38.8 Å². The summed E-state index contributed by atoms with van der Waals surface area (Å²) in [6.07, 6.45) is 0. The molecule has 0 saturated carbocycles. The maximum absolute atomic E-state index is 5.48. The average molecular weight is 956 g/mol. The van der Waals surface area contributed by atoms with Crippen molar-refractivity contribution in [1.82, 2.24) is 19.5 Å². The lowest BCUT2D eigenvalue weighted by Crippen LogP contribution is -2.36. The molecule has 1 aliphatic carbocycles. The van der Waals surface area contributed by atoms with Crippen LogP contribution in [0.25, 0.3) is 95.0 Å². The molecule has 11 aromatic carbocycles. The molecule has 2 aromatic heterocycles. The van der Waals surface area contributed by atoms with E-state index in [9.17, 15) is 0 Å². The SMILES string of the molecule is c1ccc(-c2ccc(-c3nc(-c4ccccc4)nc(-c4cccc5c4-c4cc(-c6cccc7c6c6ccccc6n7-c6ccccc6)ccc4C54c5ccccc5N(c5ccccc5)c5ccccc54)n3)cc2)cc1. The van der Waals surface area contributed by atoms with Crippen LogP contribution in [-0.4, -0.2) is 19.5 Å². The monoisotopic (exact) mass is 955 g/mol. The first-order valence-electron chi connectivity index (χ1n) is 25.6. The smallest absolute Gasteiger partial charge is 0.164 e. The number of anilines is 3. The second kappa shape index (κ2) is 17.1. The number of benzene rings is 11. The van der Waals surface area contributed by atoms with Crippen LogP contribution < -0.4 is 4.90 Å². The quantitative estimate of drug-likeness (QED) is 0.160. The Balaban J connectivity index is 1.02. The molecule has 350 valence electrons. The van der Waals surface area contributed by atoms with E-state index in [-0.39, 0.29) is 0 Å². The molecule has 15 rings (SSSR count). The van der Waals surface area contributed by atoms with E-state index >= 15 is 0 Å². The highest BCUT2D eigenvalue weighted by Gasteiger charge is 2.52. The fourth-order valence-corrected chi connectivity index (χ4v) is 12.3. The summed E-state index contributed by atoms with van der Waals surface area (Å²) in [5.41, 5.74) is 20.6. The van der Waals surface area contributed by atoms with Crippen molar-refractivity contribution in [3.05, 3.63) is 295 Å². The predicted molar refractivity (Wildman–Crippen MR) is 307 cm³/mol. The van der Waals surface area contributed by atoms with Gasteiger partial charge in [0.2, 0.25) is 0 Å².